The highest BCUT2D eigenvalue weighted by Crippen LogP contribution is 2.51. The van der Waals surface area contributed by atoms with Crippen LogP contribution < -0.4 is 0 Å². The molecule has 3 aliphatic rings. The van der Waals surface area contributed by atoms with E-state index in [1.54, 1.807) is 0 Å². The highest BCUT2D eigenvalue weighted by Gasteiger charge is 2.80. The lowest BCUT2D eigenvalue weighted by Crippen LogP contribution is -2.98. The first-order valence-corrected chi connectivity index (χ1v) is 40.6. The molecule has 13 heteroatoms. The fourth-order valence-corrected chi connectivity index (χ4v) is 259. The Kier molecular flexibility index (Phi) is 8.08. The molecule has 1 N–H and O–H groups in total. The molecule has 0 bridgehead atoms. The molecule has 6 nitrogen and oxygen atoms in total. The van der Waals surface area contributed by atoms with Gasteiger partial charge in [-0.3, -0.25) is 0 Å². The Hall–Kier alpha value is 1.28. The molecule has 3 fully saturated rings. The van der Waals surface area contributed by atoms with Gasteiger partial charge in [-0.1, -0.05) is 91.7 Å². The summed E-state index contributed by atoms with van der Waals surface area (Å²) in [5.74, 6) is -0.746. The van der Waals surface area contributed by atoms with E-state index in [2.05, 4.69) is 91.7 Å². The van der Waals surface area contributed by atoms with Crippen LogP contribution in [-0.4, -0.2) is 99.4 Å². The Balaban J connectivity index is 2.25. The van der Waals surface area contributed by atoms with Crippen molar-refractivity contribution in [3.63, 3.8) is 0 Å². The average Bonchev–Trinajstić information content (AvgIpc) is 3.00. The fraction of sp³-hybridized carbons (Fsp3) is 1.00. The Morgan fingerprint density at radius 3 is 1.53 bits per heavy atom. The van der Waals surface area contributed by atoms with Gasteiger partial charge in [0, 0.05) is 0 Å². The first kappa shape index (κ1) is 31.8. The summed E-state index contributed by atoms with van der Waals surface area (Å²) < 4.78 is 34.0. The average molecular weight is 625 g/mol. The molecule has 3 aliphatic heterocycles. The maximum atomic E-state index is 11.5. The predicted molar refractivity (Wildman–Crippen MR) is 168 cm³/mol. The maximum absolute atomic E-state index is 11.5. The van der Waals surface area contributed by atoms with E-state index in [0.717, 1.165) is 0 Å². The van der Waals surface area contributed by atoms with Gasteiger partial charge in [0.05, 0.1) is 50.2 Å². The van der Waals surface area contributed by atoms with Crippen molar-refractivity contribution < 1.29 is 28.2 Å². The van der Waals surface area contributed by atoms with Gasteiger partial charge < -0.3 is 28.2 Å². The van der Waals surface area contributed by atoms with Crippen LogP contribution in [0.1, 0.15) is 13.8 Å². The molecule has 0 saturated carbocycles. The second-order valence-corrected chi connectivity index (χ2v) is 89.7. The largest absolute Gasteiger partial charge is 0.423 e. The predicted octanol–water partition coefficient (Wildman–Crippen LogP) is 5.06. The van der Waals surface area contributed by atoms with E-state index in [1.807, 2.05) is 13.8 Å². The van der Waals surface area contributed by atoms with Crippen LogP contribution in [0.15, 0.2) is 0 Å². The number of fused-ring (bicyclic) bond motifs is 1. The summed E-state index contributed by atoms with van der Waals surface area (Å²) in [7, 11) is -8.99. The monoisotopic (exact) mass is 624 g/mol. The van der Waals surface area contributed by atoms with Crippen molar-refractivity contribution in [3.8, 4) is 0 Å². The fourth-order valence-electron chi connectivity index (χ4n) is 9.82. The third-order valence-electron chi connectivity index (χ3n) is 9.20. The van der Waals surface area contributed by atoms with E-state index < -0.39 is 81.6 Å². The summed E-state index contributed by atoms with van der Waals surface area (Å²) in [5.41, 5.74) is 0. The maximum Gasteiger partial charge on any atom is 0.190 e. The summed E-state index contributed by atoms with van der Waals surface area (Å²) in [6.07, 6.45) is -2.55. The zero-order valence-corrected chi connectivity index (χ0v) is 33.1. The van der Waals surface area contributed by atoms with Gasteiger partial charge in [0.2, 0.25) is 0 Å². The van der Waals surface area contributed by atoms with Crippen molar-refractivity contribution in [2.45, 2.75) is 142 Å². The summed E-state index contributed by atoms with van der Waals surface area (Å²) in [6, 6.07) is 0. The third-order valence-corrected chi connectivity index (χ3v) is 153. The van der Waals surface area contributed by atoms with Gasteiger partial charge in [0.15, 0.2) is 25.8 Å². The molecule has 0 aliphatic carbocycles. The van der Waals surface area contributed by atoms with Crippen molar-refractivity contribution >= 4 is 51.2 Å². The van der Waals surface area contributed by atoms with Crippen molar-refractivity contribution in [3.05, 3.63) is 0 Å². The van der Waals surface area contributed by atoms with Gasteiger partial charge >= 0.3 is 0 Å². The van der Waals surface area contributed by atoms with E-state index in [4.69, 9.17) is 23.1 Å². The first-order valence-electron chi connectivity index (χ1n) is 13.8. The van der Waals surface area contributed by atoms with E-state index in [-0.39, 0.29) is 6.10 Å². The zero-order valence-electron chi connectivity index (χ0n) is 26.1. The van der Waals surface area contributed by atoms with E-state index in [1.165, 1.54) is 0 Å². The Bertz CT molecular complexity index is 812. The molecule has 212 valence electrons. The SMILES string of the molecule is CC1(C)O[C@H]2O[C@H]([C@@H]3CO[Si]([Si](C)(C)C)([Si](C)(C)C)[Si](C)(C)[Si]([Si](C)(C)C)([Si](C)(C)C)O3)[C@H](O)[C@H]2O1. The van der Waals surface area contributed by atoms with E-state index in [9.17, 15) is 5.11 Å². The standard InChI is InChI=1S/C23H56O6Si7/c1-23(2)27-21-19(24)20(26-22(21)28-23)18-17-25-35(30(3,4)5,31(6,7)8)34(15,16)36(29-18,32(9,10)11)33(12,13)14/h18-22,24H,17H2,1-16H3/t18-,19-,20+,21+,22+/m0/s1. The molecule has 0 aromatic rings. The summed E-state index contributed by atoms with van der Waals surface area (Å²) in [4.78, 5) is 0. The quantitative estimate of drug-likeness (QED) is 0.432. The van der Waals surface area contributed by atoms with Gasteiger partial charge in [-0.2, -0.15) is 0 Å². The Labute approximate surface area is 227 Å². The summed E-state index contributed by atoms with van der Waals surface area (Å²) in [5, 5.41) is 11.5. The second kappa shape index (κ2) is 9.14. The number of hydrogen-bond acceptors (Lipinski definition) is 6. The van der Waals surface area contributed by atoms with Crippen molar-refractivity contribution in [1.82, 2.24) is 0 Å². The molecule has 3 rings (SSSR count). The minimum Gasteiger partial charge on any atom is -0.423 e. The second-order valence-electron chi connectivity index (χ2n) is 16.5. The lowest BCUT2D eigenvalue weighted by atomic mass is 10.1. The van der Waals surface area contributed by atoms with Gasteiger partial charge in [-0.05, 0) is 13.8 Å². The molecular weight excluding hydrogens is 569 g/mol. The van der Waals surface area contributed by atoms with Crippen molar-refractivity contribution in [2.75, 3.05) is 6.61 Å². The Morgan fingerprint density at radius 2 is 1.14 bits per heavy atom. The van der Waals surface area contributed by atoms with Crippen molar-refractivity contribution in [2.24, 2.45) is 0 Å². The molecule has 0 aromatic carbocycles. The molecule has 5 atom stereocenters. The topological polar surface area (TPSA) is 66.4 Å². The normalized spacial score (nSPS) is 36.4. The molecule has 3 heterocycles. The van der Waals surface area contributed by atoms with Gasteiger partial charge in [0.25, 0.3) is 0 Å². The third kappa shape index (κ3) is 4.47. The molecule has 0 unspecified atom stereocenters. The van der Waals surface area contributed by atoms with Gasteiger partial charge in [0.1, 0.15) is 18.3 Å². The number of rotatable bonds is 5. The number of hydrogen-bond donors (Lipinski definition) is 1. The number of ether oxygens (including phenoxy) is 3. The highest BCUT2D eigenvalue weighted by atomic mass is 30.2. The lowest BCUT2D eigenvalue weighted by Gasteiger charge is -2.65. The van der Waals surface area contributed by atoms with Crippen LogP contribution >= 0.6 is 0 Å². The first-order chi connectivity index (χ1) is 15.8. The highest BCUT2D eigenvalue weighted by molar-refractivity contribution is 8.08. The summed E-state index contributed by atoms with van der Waals surface area (Å²) >= 11 is 0. The van der Waals surface area contributed by atoms with Crippen LogP contribution in [0.5, 0.6) is 0 Å². The molecule has 0 radical (unpaired) electrons. The van der Waals surface area contributed by atoms with Gasteiger partial charge in [-0.15, -0.1) is 0 Å². The number of aliphatic hydroxyl groups is 1. The zero-order chi connectivity index (χ0) is 28.1. The van der Waals surface area contributed by atoms with Crippen LogP contribution in [-0.2, 0) is 23.1 Å². The van der Waals surface area contributed by atoms with Crippen LogP contribution in [0.25, 0.3) is 0 Å². The van der Waals surface area contributed by atoms with Crippen LogP contribution in [0.2, 0.25) is 91.7 Å². The molecule has 3 saturated heterocycles. The minimum absolute atomic E-state index is 0.264. The van der Waals surface area contributed by atoms with Crippen LogP contribution in [0.4, 0.5) is 0 Å². The number of aliphatic hydroxyl groups excluding tert-OH is 1. The minimum atomic E-state index is -2.29. The van der Waals surface area contributed by atoms with Crippen LogP contribution in [0, 0.1) is 0 Å². The molecular formula is C23H56O6Si7. The summed E-state index contributed by atoms with van der Waals surface area (Å²) in [6.45, 7) is 36.5. The van der Waals surface area contributed by atoms with Crippen molar-refractivity contribution in [1.29, 1.82) is 0 Å². The molecule has 0 amide bonds. The lowest BCUT2D eigenvalue weighted by molar-refractivity contribution is -0.225. The molecule has 0 spiro atoms. The Morgan fingerprint density at radius 1 is 0.694 bits per heavy atom. The molecule has 36 heavy (non-hydrogen) atoms. The van der Waals surface area contributed by atoms with Gasteiger partial charge in [-0.25, -0.2) is 0 Å². The van der Waals surface area contributed by atoms with Crippen LogP contribution in [0.3, 0.4) is 0 Å². The molecule has 0 aromatic heterocycles. The van der Waals surface area contributed by atoms with E-state index >= 15 is 0 Å². The van der Waals surface area contributed by atoms with E-state index in [0.29, 0.717) is 6.61 Å². The smallest absolute Gasteiger partial charge is 0.190 e.